The number of likely N-dealkylation sites (tertiary alicyclic amines) is 1. The molecule has 2 aliphatic rings. The van der Waals surface area contributed by atoms with Crippen LogP contribution < -0.4 is 5.32 Å². The number of amides is 1. The molecule has 5 nitrogen and oxygen atoms in total. The summed E-state index contributed by atoms with van der Waals surface area (Å²) in [4.78, 5) is 15.0. The Hall–Kier alpha value is -2.14. The lowest BCUT2D eigenvalue weighted by Crippen LogP contribution is -2.45. The Morgan fingerprint density at radius 3 is 2.88 bits per heavy atom. The van der Waals surface area contributed by atoms with Gasteiger partial charge in [0, 0.05) is 36.9 Å². The zero-order chi connectivity index (χ0) is 16.4. The van der Waals surface area contributed by atoms with Crippen LogP contribution in [-0.4, -0.2) is 45.8 Å². The van der Waals surface area contributed by atoms with E-state index < -0.39 is 0 Å². The normalized spacial score (nSPS) is 26.8. The van der Waals surface area contributed by atoms with E-state index in [1.165, 1.54) is 18.4 Å². The van der Waals surface area contributed by atoms with Crippen LogP contribution in [0.3, 0.4) is 0 Å². The summed E-state index contributed by atoms with van der Waals surface area (Å²) in [5.41, 5.74) is 1.33. The van der Waals surface area contributed by atoms with Crippen LogP contribution in [-0.2, 0) is 11.3 Å². The van der Waals surface area contributed by atoms with E-state index in [1.54, 1.807) is 10.9 Å². The molecule has 24 heavy (non-hydrogen) atoms. The number of nitrogens with zero attached hydrogens (tertiary/aromatic N) is 3. The van der Waals surface area contributed by atoms with E-state index >= 15 is 0 Å². The molecule has 1 N–H and O–H groups in total. The van der Waals surface area contributed by atoms with Gasteiger partial charge in [-0.3, -0.25) is 9.48 Å². The average molecular weight is 324 g/mol. The largest absolute Gasteiger partial charge is 0.336 e. The maximum Gasteiger partial charge on any atom is 0.244 e. The van der Waals surface area contributed by atoms with Crippen LogP contribution in [0.5, 0.6) is 0 Å². The summed E-state index contributed by atoms with van der Waals surface area (Å²) in [6.45, 7) is 2.18. The van der Waals surface area contributed by atoms with Crippen molar-refractivity contribution in [3.63, 3.8) is 0 Å². The quantitative estimate of drug-likeness (QED) is 0.940. The van der Waals surface area contributed by atoms with Crippen LogP contribution >= 0.6 is 0 Å². The number of aromatic nitrogens is 2. The van der Waals surface area contributed by atoms with E-state index in [0.717, 1.165) is 19.5 Å². The second-order valence-electron chi connectivity index (χ2n) is 6.81. The third-order valence-electron chi connectivity index (χ3n) is 5.35. The number of nitrogens with one attached hydrogen (secondary N) is 1. The van der Waals surface area contributed by atoms with Gasteiger partial charge in [0.25, 0.3) is 0 Å². The zero-order valence-electron chi connectivity index (χ0n) is 13.8. The van der Waals surface area contributed by atoms with Crippen molar-refractivity contribution < 1.29 is 4.79 Å². The predicted octanol–water partition coefficient (Wildman–Crippen LogP) is 2.02. The van der Waals surface area contributed by atoms with Crippen molar-refractivity contribution in [2.75, 3.05) is 13.1 Å². The monoisotopic (exact) mass is 324 g/mol. The first-order valence-corrected chi connectivity index (χ1v) is 8.88. The highest BCUT2D eigenvalue weighted by Gasteiger charge is 2.44. The van der Waals surface area contributed by atoms with E-state index in [4.69, 9.17) is 0 Å². The Bertz CT molecular complexity index is 670. The number of hydrogen-bond donors (Lipinski definition) is 1. The number of carbonyl (C=O) groups is 1. The molecule has 1 aromatic heterocycles. The van der Waals surface area contributed by atoms with Gasteiger partial charge in [-0.25, -0.2) is 0 Å². The van der Waals surface area contributed by atoms with Gasteiger partial charge in [-0.05, 0) is 31.0 Å². The Morgan fingerprint density at radius 1 is 1.21 bits per heavy atom. The van der Waals surface area contributed by atoms with Crippen LogP contribution in [0.15, 0.2) is 48.8 Å². The molecule has 3 atom stereocenters. The molecule has 2 aliphatic heterocycles. The van der Waals surface area contributed by atoms with E-state index in [-0.39, 0.29) is 5.91 Å². The first-order valence-electron chi connectivity index (χ1n) is 8.88. The first-order chi connectivity index (χ1) is 11.8. The highest BCUT2D eigenvalue weighted by molar-refractivity contribution is 5.77. The van der Waals surface area contributed by atoms with Gasteiger partial charge in [-0.1, -0.05) is 36.8 Å². The summed E-state index contributed by atoms with van der Waals surface area (Å²) in [6, 6.07) is 13.1. The maximum atomic E-state index is 12.9. The molecule has 1 amide bonds. The number of fused-ring (bicyclic) bond motifs is 1. The molecule has 4 rings (SSSR count). The fraction of sp³-hybridized carbons (Fsp3) is 0.474. The summed E-state index contributed by atoms with van der Waals surface area (Å²) < 4.78 is 1.72. The van der Waals surface area contributed by atoms with Crippen LogP contribution in [0.25, 0.3) is 0 Å². The van der Waals surface area contributed by atoms with Crippen molar-refractivity contribution in [3.8, 4) is 0 Å². The Kier molecular flexibility index (Phi) is 4.34. The first kappa shape index (κ1) is 15.4. The second kappa shape index (κ2) is 6.77. The number of benzene rings is 1. The van der Waals surface area contributed by atoms with E-state index in [9.17, 15) is 4.79 Å². The molecule has 0 spiro atoms. The van der Waals surface area contributed by atoms with Crippen molar-refractivity contribution in [3.05, 3.63) is 54.4 Å². The topological polar surface area (TPSA) is 50.2 Å². The fourth-order valence-corrected chi connectivity index (χ4v) is 4.21. The molecule has 1 aromatic carbocycles. The summed E-state index contributed by atoms with van der Waals surface area (Å²) in [7, 11) is 0. The van der Waals surface area contributed by atoms with Crippen LogP contribution in [0.2, 0.25) is 0 Å². The average Bonchev–Trinajstić information content (AvgIpc) is 3.17. The molecule has 2 fully saturated rings. The van der Waals surface area contributed by atoms with Crippen molar-refractivity contribution in [2.45, 2.75) is 43.8 Å². The van der Waals surface area contributed by atoms with Crippen molar-refractivity contribution in [2.24, 2.45) is 0 Å². The summed E-state index contributed by atoms with van der Waals surface area (Å²) in [5, 5.41) is 7.90. The van der Waals surface area contributed by atoms with Gasteiger partial charge in [0.05, 0.1) is 0 Å². The van der Waals surface area contributed by atoms with Crippen molar-refractivity contribution in [1.29, 1.82) is 0 Å². The minimum Gasteiger partial charge on any atom is -0.336 e. The van der Waals surface area contributed by atoms with Gasteiger partial charge >= 0.3 is 0 Å². The second-order valence-corrected chi connectivity index (χ2v) is 6.81. The van der Waals surface area contributed by atoms with E-state index in [0.29, 0.717) is 24.5 Å². The van der Waals surface area contributed by atoms with Gasteiger partial charge in [0.15, 0.2) is 0 Å². The number of hydrogen-bond acceptors (Lipinski definition) is 3. The van der Waals surface area contributed by atoms with Gasteiger partial charge in [-0.2, -0.15) is 5.10 Å². The lowest BCUT2D eigenvalue weighted by atomic mass is 9.90. The Balaban J connectivity index is 1.58. The SMILES string of the molecule is O=C(Cn1cccn1)N1C[C@@H](c2ccccc2)[C@@H]2NCCCC[C@@H]21. The van der Waals surface area contributed by atoms with Gasteiger partial charge < -0.3 is 10.2 Å². The van der Waals surface area contributed by atoms with Crippen molar-refractivity contribution >= 4 is 5.91 Å². The molecule has 2 saturated heterocycles. The maximum absolute atomic E-state index is 12.9. The lowest BCUT2D eigenvalue weighted by molar-refractivity contribution is -0.133. The zero-order valence-corrected chi connectivity index (χ0v) is 13.8. The molecule has 5 heteroatoms. The standard InChI is InChI=1S/C19H24N4O/c24-18(14-22-12-6-11-21-22)23-13-16(15-7-2-1-3-8-15)19-17(23)9-4-5-10-20-19/h1-3,6-8,11-12,16-17,19-20H,4-5,9-10,13-14H2/t16-,17-,19-/m0/s1. The fourth-order valence-electron chi connectivity index (χ4n) is 4.21. The smallest absolute Gasteiger partial charge is 0.244 e. The Labute approximate surface area is 142 Å². The molecular formula is C19H24N4O. The molecule has 0 unspecified atom stereocenters. The van der Waals surface area contributed by atoms with Gasteiger partial charge in [0.2, 0.25) is 5.91 Å². The van der Waals surface area contributed by atoms with Gasteiger partial charge in [-0.15, -0.1) is 0 Å². The summed E-state index contributed by atoms with van der Waals surface area (Å²) >= 11 is 0. The lowest BCUT2D eigenvalue weighted by Gasteiger charge is -2.27. The molecule has 0 saturated carbocycles. The van der Waals surface area contributed by atoms with Crippen LogP contribution in [0, 0.1) is 0 Å². The molecule has 3 heterocycles. The van der Waals surface area contributed by atoms with Crippen LogP contribution in [0.4, 0.5) is 0 Å². The molecule has 0 radical (unpaired) electrons. The molecule has 0 bridgehead atoms. The van der Waals surface area contributed by atoms with Crippen LogP contribution in [0.1, 0.15) is 30.7 Å². The highest BCUT2D eigenvalue weighted by Crippen LogP contribution is 2.35. The van der Waals surface area contributed by atoms with E-state index in [1.807, 2.05) is 12.3 Å². The Morgan fingerprint density at radius 2 is 2.08 bits per heavy atom. The van der Waals surface area contributed by atoms with E-state index in [2.05, 4.69) is 45.6 Å². The molecular weight excluding hydrogens is 300 g/mol. The minimum atomic E-state index is 0.177. The van der Waals surface area contributed by atoms with Gasteiger partial charge in [0.1, 0.15) is 6.54 Å². The number of carbonyl (C=O) groups excluding carboxylic acids is 1. The molecule has 2 aromatic rings. The van der Waals surface area contributed by atoms with Crippen molar-refractivity contribution in [1.82, 2.24) is 20.0 Å². The number of rotatable bonds is 3. The molecule has 126 valence electrons. The molecule has 0 aliphatic carbocycles. The summed E-state index contributed by atoms with van der Waals surface area (Å²) in [5.74, 6) is 0.548. The third-order valence-corrected chi connectivity index (χ3v) is 5.35. The third kappa shape index (κ3) is 2.96. The highest BCUT2D eigenvalue weighted by atomic mass is 16.2. The predicted molar refractivity (Wildman–Crippen MR) is 92.6 cm³/mol. The summed E-state index contributed by atoms with van der Waals surface area (Å²) in [6.07, 6.45) is 7.04. The minimum absolute atomic E-state index is 0.177.